The molecule has 2 aliphatic heterocycles. The fourth-order valence-corrected chi connectivity index (χ4v) is 6.45. The van der Waals surface area contributed by atoms with Crippen LogP contribution in [0.1, 0.15) is 35.3 Å². The Morgan fingerprint density at radius 2 is 1.69 bits per heavy atom. The molecule has 0 spiro atoms. The van der Waals surface area contributed by atoms with E-state index in [0.29, 0.717) is 24.0 Å². The number of rotatable bonds is 7. The Bertz CT molecular complexity index is 1890. The molecule has 2 saturated heterocycles. The minimum absolute atomic E-state index is 0.121. The third kappa shape index (κ3) is 5.35. The number of piperidine rings is 1. The molecule has 4 aromatic heterocycles. The number of anilines is 2. The van der Waals surface area contributed by atoms with E-state index >= 15 is 0 Å². The van der Waals surface area contributed by atoms with Gasteiger partial charge in [-0.1, -0.05) is 18.2 Å². The van der Waals surface area contributed by atoms with Crippen molar-refractivity contribution in [2.45, 2.75) is 38.3 Å². The summed E-state index contributed by atoms with van der Waals surface area (Å²) in [5, 5.41) is 8.02. The number of carbonyl (C=O) groups excluding carboxylic acids is 1. The number of fused-ring (bicyclic) bond motifs is 1. The quantitative estimate of drug-likeness (QED) is 0.300. The number of para-hydroxylation sites is 1. The minimum atomic E-state index is -0.354. The maximum atomic E-state index is 13.4. The van der Waals surface area contributed by atoms with E-state index in [1.807, 2.05) is 59.2 Å². The summed E-state index contributed by atoms with van der Waals surface area (Å²) in [6.07, 6.45) is 6.82. The van der Waals surface area contributed by atoms with E-state index in [1.165, 1.54) is 4.68 Å². The smallest absolute Gasteiger partial charge is 0.284 e. The first-order valence-electron chi connectivity index (χ1n) is 15.4. The Morgan fingerprint density at radius 1 is 0.911 bits per heavy atom. The summed E-state index contributed by atoms with van der Waals surface area (Å²) >= 11 is 0. The van der Waals surface area contributed by atoms with Gasteiger partial charge in [0.05, 0.1) is 41.3 Å². The number of aromatic nitrogens is 6. The number of nitrogens with zero attached hydrogens (tertiary/aromatic N) is 8. The highest BCUT2D eigenvalue weighted by molar-refractivity contribution is 5.95. The largest absolute Gasteiger partial charge is 0.381 e. The predicted octanol–water partition coefficient (Wildman–Crippen LogP) is 3.21. The Hall–Kier alpha value is -4.97. The highest BCUT2D eigenvalue weighted by Crippen LogP contribution is 2.26. The summed E-state index contributed by atoms with van der Waals surface area (Å²) in [5.74, 6) is 0.436. The first kappa shape index (κ1) is 28.8. The van der Waals surface area contributed by atoms with Crippen LogP contribution < -0.4 is 20.7 Å². The molecule has 7 rings (SSSR count). The van der Waals surface area contributed by atoms with Crippen molar-refractivity contribution in [3.05, 3.63) is 88.6 Å². The lowest BCUT2D eigenvalue weighted by molar-refractivity contribution is 0.0819. The number of methoxy groups -OCH3 is 1. The molecular formula is C33H37N9O3. The van der Waals surface area contributed by atoms with E-state index in [2.05, 4.69) is 26.2 Å². The second-order valence-electron chi connectivity index (χ2n) is 11.8. The summed E-state index contributed by atoms with van der Waals surface area (Å²) in [6, 6.07) is 17.3. The average molecular weight is 608 g/mol. The highest BCUT2D eigenvalue weighted by Gasteiger charge is 2.29. The molecule has 1 atom stereocenters. The normalized spacial score (nSPS) is 17.4. The average Bonchev–Trinajstić information content (AvgIpc) is 3.77. The van der Waals surface area contributed by atoms with Crippen LogP contribution in [-0.4, -0.2) is 80.3 Å². The Kier molecular flexibility index (Phi) is 7.58. The molecule has 12 nitrogen and oxygen atoms in total. The second kappa shape index (κ2) is 11.8. The molecule has 6 heterocycles. The van der Waals surface area contributed by atoms with Gasteiger partial charge in [-0.15, -0.1) is 5.10 Å². The lowest BCUT2D eigenvalue weighted by Crippen LogP contribution is -2.39. The first-order valence-corrected chi connectivity index (χ1v) is 15.4. The van der Waals surface area contributed by atoms with E-state index in [4.69, 9.17) is 14.8 Å². The minimum Gasteiger partial charge on any atom is -0.381 e. The van der Waals surface area contributed by atoms with Gasteiger partial charge in [0.1, 0.15) is 17.1 Å². The fraction of sp³-hybridized carbons (Fsp3) is 0.364. The molecule has 45 heavy (non-hydrogen) atoms. The van der Waals surface area contributed by atoms with Gasteiger partial charge in [0.25, 0.3) is 11.5 Å². The van der Waals surface area contributed by atoms with Crippen LogP contribution in [0.5, 0.6) is 0 Å². The summed E-state index contributed by atoms with van der Waals surface area (Å²) in [7, 11) is 3.57. The van der Waals surface area contributed by atoms with Crippen molar-refractivity contribution in [1.82, 2.24) is 34.3 Å². The molecule has 5 aromatic rings. The molecule has 0 aliphatic carbocycles. The molecule has 1 N–H and O–H groups in total. The van der Waals surface area contributed by atoms with Crippen LogP contribution in [0.4, 0.5) is 11.5 Å². The van der Waals surface area contributed by atoms with E-state index in [-0.39, 0.29) is 23.1 Å². The maximum absolute atomic E-state index is 13.4. The van der Waals surface area contributed by atoms with Crippen molar-refractivity contribution in [2.24, 2.45) is 7.05 Å². The maximum Gasteiger partial charge on any atom is 0.284 e. The number of imidazole rings is 1. The summed E-state index contributed by atoms with van der Waals surface area (Å²) < 4.78 is 10.6. The lowest BCUT2D eigenvalue weighted by Gasteiger charge is -2.32. The zero-order chi connectivity index (χ0) is 31.1. The number of ether oxygens (including phenoxy) is 1. The standard InChI is InChI=1S/C33H37N9O3/c1-22-31(33(44)42(38(22)2)24-7-5-4-6-8-24)32(43)36-23-13-16-40(21-23)30-12-11-29-35-20-28(41(29)37-30)27-10-9-25(19-34-27)39-17-14-26(45-3)15-18-39/h4-12,19-20,23,26H,13-18,21H2,1-3H3,(H,36,43)/t23-/m0/s1. The van der Waals surface area contributed by atoms with Crippen LogP contribution in [0.2, 0.25) is 0 Å². The predicted molar refractivity (Wildman–Crippen MR) is 172 cm³/mol. The van der Waals surface area contributed by atoms with Gasteiger partial charge >= 0.3 is 0 Å². The molecule has 12 heteroatoms. The van der Waals surface area contributed by atoms with Crippen molar-refractivity contribution in [3.8, 4) is 17.1 Å². The second-order valence-corrected chi connectivity index (χ2v) is 11.8. The Morgan fingerprint density at radius 3 is 2.42 bits per heavy atom. The summed E-state index contributed by atoms with van der Waals surface area (Å²) in [4.78, 5) is 40.5. The van der Waals surface area contributed by atoms with Crippen LogP contribution in [0.15, 0.2) is 71.8 Å². The van der Waals surface area contributed by atoms with Crippen LogP contribution in [0, 0.1) is 6.92 Å². The number of benzene rings is 1. The van der Waals surface area contributed by atoms with Gasteiger partial charge in [0.15, 0.2) is 5.65 Å². The number of hydrogen-bond donors (Lipinski definition) is 1. The number of nitrogens with one attached hydrogen (secondary N) is 1. The van der Waals surface area contributed by atoms with E-state index < -0.39 is 0 Å². The van der Waals surface area contributed by atoms with Crippen molar-refractivity contribution in [3.63, 3.8) is 0 Å². The van der Waals surface area contributed by atoms with Crippen LogP contribution >= 0.6 is 0 Å². The molecule has 1 amide bonds. The fourth-order valence-electron chi connectivity index (χ4n) is 6.45. The molecule has 1 aromatic carbocycles. The molecule has 0 radical (unpaired) electrons. The topological polar surface area (TPSA) is 115 Å². The van der Waals surface area contributed by atoms with Crippen LogP contribution in [0.25, 0.3) is 22.7 Å². The van der Waals surface area contributed by atoms with Gasteiger partial charge in [0, 0.05) is 46.4 Å². The van der Waals surface area contributed by atoms with Gasteiger partial charge in [-0.25, -0.2) is 14.2 Å². The monoisotopic (exact) mass is 607 g/mol. The SMILES string of the molecule is COC1CCN(c2ccc(-c3cnc4ccc(N5CC[C@H](NC(=O)c6c(C)n(C)n(-c7ccccc7)c6=O)C5)nn34)nc2)CC1. The van der Waals surface area contributed by atoms with Gasteiger partial charge in [-0.05, 0) is 62.6 Å². The molecule has 0 saturated carbocycles. The molecule has 232 valence electrons. The molecule has 0 unspecified atom stereocenters. The van der Waals surface area contributed by atoms with Gasteiger partial charge in [0.2, 0.25) is 0 Å². The first-order chi connectivity index (χ1) is 21.9. The van der Waals surface area contributed by atoms with Crippen molar-refractivity contribution < 1.29 is 9.53 Å². The van der Waals surface area contributed by atoms with E-state index in [0.717, 1.165) is 67.4 Å². The number of amides is 1. The van der Waals surface area contributed by atoms with E-state index in [1.54, 1.807) is 32.0 Å². The highest BCUT2D eigenvalue weighted by atomic mass is 16.5. The zero-order valence-corrected chi connectivity index (χ0v) is 25.8. The van der Waals surface area contributed by atoms with Crippen molar-refractivity contribution in [2.75, 3.05) is 43.1 Å². The summed E-state index contributed by atoms with van der Waals surface area (Å²) in [6.45, 7) is 5.01. The van der Waals surface area contributed by atoms with Gasteiger partial charge in [-0.2, -0.15) is 0 Å². The zero-order valence-electron chi connectivity index (χ0n) is 25.8. The summed E-state index contributed by atoms with van der Waals surface area (Å²) in [5.41, 5.74) is 4.63. The molecule has 2 aliphatic rings. The van der Waals surface area contributed by atoms with Crippen LogP contribution in [-0.2, 0) is 11.8 Å². The Balaban J connectivity index is 1.05. The molecule has 2 fully saturated rings. The third-order valence-corrected chi connectivity index (χ3v) is 9.13. The number of pyridine rings is 1. The van der Waals surface area contributed by atoms with Gasteiger partial charge in [-0.3, -0.25) is 19.3 Å². The molecular weight excluding hydrogens is 570 g/mol. The number of carbonyl (C=O) groups is 1. The molecule has 0 bridgehead atoms. The Labute approximate surface area is 260 Å². The third-order valence-electron chi connectivity index (χ3n) is 9.13. The van der Waals surface area contributed by atoms with Crippen molar-refractivity contribution in [1.29, 1.82) is 0 Å². The van der Waals surface area contributed by atoms with Crippen LogP contribution in [0.3, 0.4) is 0 Å². The van der Waals surface area contributed by atoms with Crippen molar-refractivity contribution >= 4 is 23.1 Å². The van der Waals surface area contributed by atoms with Gasteiger partial charge < -0.3 is 19.9 Å². The number of hydrogen-bond acceptors (Lipinski definition) is 8. The van der Waals surface area contributed by atoms with E-state index in [9.17, 15) is 9.59 Å². The lowest BCUT2D eigenvalue weighted by atomic mass is 10.1.